The van der Waals surface area contributed by atoms with Crippen molar-refractivity contribution in [3.63, 3.8) is 0 Å². The van der Waals surface area contributed by atoms with Crippen molar-refractivity contribution in [3.05, 3.63) is 29.0 Å². The molecule has 0 spiro atoms. The molecule has 1 aromatic heterocycles. The number of hydrogen-bond donors (Lipinski definition) is 1. The lowest BCUT2D eigenvalue weighted by molar-refractivity contribution is -0.119. The first-order valence-corrected chi connectivity index (χ1v) is 4.43. The molecule has 0 aromatic carbocycles. The molecule has 2 N–H and O–H groups in total. The van der Waals surface area contributed by atoms with Crippen LogP contribution in [0.1, 0.15) is 25.0 Å². The Kier molecular flexibility index (Phi) is 3.25. The van der Waals surface area contributed by atoms with E-state index in [2.05, 4.69) is 4.98 Å². The van der Waals surface area contributed by atoms with Gasteiger partial charge >= 0.3 is 0 Å². The number of carbonyl (C=O) groups excluding carboxylic acids is 1. The van der Waals surface area contributed by atoms with E-state index in [1.165, 1.54) is 0 Å². The molecule has 0 saturated carbocycles. The maximum atomic E-state index is 11.0. The van der Waals surface area contributed by atoms with E-state index in [1.54, 1.807) is 18.3 Å². The standard InChI is InChI=1S/C9H11ClN2O/c1-2-7(9(11)13)8-5-6(10)3-4-12-8/h3-5,7H,2H2,1H3,(H2,11,13). The van der Waals surface area contributed by atoms with Gasteiger partial charge in [-0.1, -0.05) is 18.5 Å². The summed E-state index contributed by atoms with van der Waals surface area (Å²) in [5, 5.41) is 0.574. The molecular weight excluding hydrogens is 188 g/mol. The molecule has 0 fully saturated rings. The van der Waals surface area contributed by atoms with Gasteiger partial charge in [-0.3, -0.25) is 9.78 Å². The molecule has 3 nitrogen and oxygen atoms in total. The largest absolute Gasteiger partial charge is 0.369 e. The number of aromatic nitrogens is 1. The summed E-state index contributed by atoms with van der Waals surface area (Å²) in [6.45, 7) is 1.89. The van der Waals surface area contributed by atoms with Crippen LogP contribution in [-0.2, 0) is 4.79 Å². The van der Waals surface area contributed by atoms with Crippen molar-refractivity contribution in [2.45, 2.75) is 19.3 Å². The molecule has 0 aliphatic carbocycles. The maximum absolute atomic E-state index is 11.0. The minimum atomic E-state index is -0.364. The van der Waals surface area contributed by atoms with Crippen LogP contribution in [0.3, 0.4) is 0 Å². The predicted octanol–water partition coefficient (Wildman–Crippen LogP) is 1.71. The highest BCUT2D eigenvalue weighted by Gasteiger charge is 2.16. The van der Waals surface area contributed by atoms with Gasteiger partial charge in [-0.25, -0.2) is 0 Å². The van der Waals surface area contributed by atoms with Gasteiger partial charge in [-0.2, -0.15) is 0 Å². The summed E-state index contributed by atoms with van der Waals surface area (Å²) in [7, 11) is 0. The number of carbonyl (C=O) groups is 1. The molecule has 1 aromatic rings. The van der Waals surface area contributed by atoms with Gasteiger partial charge in [0, 0.05) is 11.2 Å². The van der Waals surface area contributed by atoms with Crippen LogP contribution in [0.4, 0.5) is 0 Å². The fourth-order valence-electron chi connectivity index (χ4n) is 1.17. The highest BCUT2D eigenvalue weighted by atomic mass is 35.5. The van der Waals surface area contributed by atoms with E-state index in [0.717, 1.165) is 0 Å². The third-order valence-electron chi connectivity index (χ3n) is 1.85. The highest BCUT2D eigenvalue weighted by molar-refractivity contribution is 6.30. The van der Waals surface area contributed by atoms with Gasteiger partial charge < -0.3 is 5.73 Å². The molecule has 0 saturated heterocycles. The van der Waals surface area contributed by atoms with Gasteiger partial charge in [-0.05, 0) is 18.6 Å². The molecule has 1 atom stereocenters. The average molecular weight is 199 g/mol. The van der Waals surface area contributed by atoms with Gasteiger partial charge in [0.2, 0.25) is 5.91 Å². The van der Waals surface area contributed by atoms with Crippen molar-refractivity contribution < 1.29 is 4.79 Å². The van der Waals surface area contributed by atoms with Gasteiger partial charge in [-0.15, -0.1) is 0 Å². The molecule has 1 amide bonds. The first-order valence-electron chi connectivity index (χ1n) is 4.06. The Morgan fingerprint density at radius 2 is 2.46 bits per heavy atom. The van der Waals surface area contributed by atoms with Crippen LogP contribution in [0.2, 0.25) is 5.02 Å². The van der Waals surface area contributed by atoms with Gasteiger partial charge in [0.15, 0.2) is 0 Å². The molecule has 70 valence electrons. The number of primary amides is 1. The Balaban J connectivity index is 2.98. The number of pyridine rings is 1. The first-order chi connectivity index (χ1) is 6.15. The molecule has 1 rings (SSSR count). The van der Waals surface area contributed by atoms with Crippen LogP contribution >= 0.6 is 11.6 Å². The zero-order valence-corrected chi connectivity index (χ0v) is 8.08. The second-order valence-electron chi connectivity index (χ2n) is 2.76. The van der Waals surface area contributed by atoms with Crippen LogP contribution in [-0.4, -0.2) is 10.9 Å². The number of amides is 1. The zero-order valence-electron chi connectivity index (χ0n) is 7.33. The molecule has 1 heterocycles. The van der Waals surface area contributed by atoms with Gasteiger partial charge in [0.25, 0.3) is 0 Å². The third kappa shape index (κ3) is 2.42. The fraction of sp³-hybridized carbons (Fsp3) is 0.333. The maximum Gasteiger partial charge on any atom is 0.226 e. The van der Waals surface area contributed by atoms with Crippen molar-refractivity contribution in [1.29, 1.82) is 0 Å². The van der Waals surface area contributed by atoms with Gasteiger partial charge in [0.05, 0.1) is 11.6 Å². The SMILES string of the molecule is CCC(C(N)=O)c1cc(Cl)ccn1. The van der Waals surface area contributed by atoms with Crippen molar-refractivity contribution >= 4 is 17.5 Å². The number of nitrogens with two attached hydrogens (primary N) is 1. The minimum absolute atomic E-state index is 0.335. The summed E-state index contributed by atoms with van der Waals surface area (Å²) >= 11 is 5.76. The summed E-state index contributed by atoms with van der Waals surface area (Å²) in [4.78, 5) is 15.0. The van der Waals surface area contributed by atoms with E-state index in [0.29, 0.717) is 17.1 Å². The number of halogens is 1. The third-order valence-corrected chi connectivity index (χ3v) is 2.09. The van der Waals surface area contributed by atoms with E-state index in [9.17, 15) is 4.79 Å². The van der Waals surface area contributed by atoms with E-state index in [1.807, 2.05) is 6.92 Å². The Labute approximate surface area is 81.9 Å². The van der Waals surface area contributed by atoms with Crippen LogP contribution in [0.25, 0.3) is 0 Å². The van der Waals surface area contributed by atoms with Crippen LogP contribution in [0, 0.1) is 0 Å². The Bertz CT molecular complexity index is 314. The lowest BCUT2D eigenvalue weighted by Crippen LogP contribution is -2.21. The van der Waals surface area contributed by atoms with Gasteiger partial charge in [0.1, 0.15) is 0 Å². The molecule has 0 aliphatic rings. The quantitative estimate of drug-likeness (QED) is 0.804. The summed E-state index contributed by atoms with van der Waals surface area (Å²) < 4.78 is 0. The number of nitrogens with zero attached hydrogens (tertiary/aromatic N) is 1. The lowest BCUT2D eigenvalue weighted by atomic mass is 10.0. The second-order valence-corrected chi connectivity index (χ2v) is 3.20. The van der Waals surface area contributed by atoms with Crippen molar-refractivity contribution in [2.24, 2.45) is 5.73 Å². The minimum Gasteiger partial charge on any atom is -0.369 e. The van der Waals surface area contributed by atoms with Crippen LogP contribution in [0.5, 0.6) is 0 Å². The lowest BCUT2D eigenvalue weighted by Gasteiger charge is -2.09. The summed E-state index contributed by atoms with van der Waals surface area (Å²) in [6, 6.07) is 3.33. The van der Waals surface area contributed by atoms with Crippen molar-refractivity contribution in [2.75, 3.05) is 0 Å². The smallest absolute Gasteiger partial charge is 0.226 e. The molecule has 13 heavy (non-hydrogen) atoms. The Morgan fingerprint density at radius 3 is 2.92 bits per heavy atom. The van der Waals surface area contributed by atoms with E-state index < -0.39 is 0 Å². The molecule has 0 radical (unpaired) electrons. The summed E-state index contributed by atoms with van der Waals surface area (Å²) in [5.41, 5.74) is 5.85. The molecular formula is C9H11ClN2O. The molecule has 0 bridgehead atoms. The fourth-order valence-corrected chi connectivity index (χ4v) is 1.34. The Morgan fingerprint density at radius 1 is 1.77 bits per heavy atom. The molecule has 0 aliphatic heterocycles. The second kappa shape index (κ2) is 4.23. The van der Waals surface area contributed by atoms with E-state index in [4.69, 9.17) is 17.3 Å². The Hall–Kier alpha value is -1.09. The summed E-state index contributed by atoms with van der Waals surface area (Å²) in [5.74, 6) is -0.698. The topological polar surface area (TPSA) is 56.0 Å². The predicted molar refractivity (Wildman–Crippen MR) is 51.5 cm³/mol. The van der Waals surface area contributed by atoms with E-state index in [-0.39, 0.29) is 11.8 Å². The number of hydrogen-bond acceptors (Lipinski definition) is 2. The molecule has 1 unspecified atom stereocenters. The monoisotopic (exact) mass is 198 g/mol. The zero-order chi connectivity index (χ0) is 9.84. The molecule has 4 heteroatoms. The average Bonchev–Trinajstić information content (AvgIpc) is 2.04. The first kappa shape index (κ1) is 9.99. The van der Waals surface area contributed by atoms with Crippen LogP contribution in [0.15, 0.2) is 18.3 Å². The highest BCUT2D eigenvalue weighted by Crippen LogP contribution is 2.19. The van der Waals surface area contributed by atoms with E-state index >= 15 is 0 Å². The van der Waals surface area contributed by atoms with Crippen molar-refractivity contribution in [1.82, 2.24) is 4.98 Å². The van der Waals surface area contributed by atoms with Crippen LogP contribution < -0.4 is 5.73 Å². The van der Waals surface area contributed by atoms with Crippen molar-refractivity contribution in [3.8, 4) is 0 Å². The number of rotatable bonds is 3. The summed E-state index contributed by atoms with van der Waals surface area (Å²) in [6.07, 6.45) is 2.21. The normalized spacial score (nSPS) is 12.5.